The molecule has 0 aliphatic carbocycles. The number of guanidine groups is 1. The lowest BCUT2D eigenvalue weighted by Crippen LogP contribution is -2.40. The van der Waals surface area contributed by atoms with Crippen molar-refractivity contribution < 1.29 is 4.52 Å². The molecule has 0 spiro atoms. The molecule has 0 radical (unpaired) electrons. The molecule has 2 heterocycles. The Morgan fingerprint density at radius 1 is 1.50 bits per heavy atom. The standard InChI is InChI=1S/C15H27N5O.HI/c1-5-16-15(17-9-14-18-12(4)19-21-14)20-7-6-13(10-20)8-11(2)3;/h11,13H,5-10H2,1-4H3,(H,16,17);1H. The van der Waals surface area contributed by atoms with Crippen LogP contribution in [0.15, 0.2) is 9.52 Å². The van der Waals surface area contributed by atoms with Gasteiger partial charge in [0, 0.05) is 19.6 Å². The maximum absolute atomic E-state index is 5.11. The second-order valence-corrected chi connectivity index (χ2v) is 6.14. The first kappa shape index (κ1) is 19.2. The summed E-state index contributed by atoms with van der Waals surface area (Å²) in [4.78, 5) is 11.2. The molecule has 126 valence electrons. The number of rotatable bonds is 5. The van der Waals surface area contributed by atoms with Crippen molar-refractivity contribution in [2.75, 3.05) is 19.6 Å². The van der Waals surface area contributed by atoms with E-state index in [0.29, 0.717) is 18.3 Å². The van der Waals surface area contributed by atoms with E-state index in [2.05, 4.69) is 46.1 Å². The monoisotopic (exact) mass is 421 g/mol. The van der Waals surface area contributed by atoms with E-state index < -0.39 is 0 Å². The Labute approximate surface area is 150 Å². The third-order valence-corrected chi connectivity index (χ3v) is 3.66. The lowest BCUT2D eigenvalue weighted by molar-refractivity contribution is 0.374. The second kappa shape index (κ2) is 9.32. The number of aryl methyl sites for hydroxylation is 1. The number of nitrogens with one attached hydrogen (secondary N) is 1. The Kier molecular flexibility index (Phi) is 8.13. The van der Waals surface area contributed by atoms with Gasteiger partial charge in [-0.15, -0.1) is 24.0 Å². The minimum Gasteiger partial charge on any atom is -0.357 e. The molecule has 1 aromatic heterocycles. The molecule has 1 atom stereocenters. The molecule has 0 bridgehead atoms. The summed E-state index contributed by atoms with van der Waals surface area (Å²) >= 11 is 0. The Hall–Kier alpha value is -0.860. The van der Waals surface area contributed by atoms with Crippen LogP contribution in [0.4, 0.5) is 0 Å². The summed E-state index contributed by atoms with van der Waals surface area (Å²) in [5.41, 5.74) is 0. The molecule has 1 aromatic rings. The van der Waals surface area contributed by atoms with Gasteiger partial charge in [-0.3, -0.25) is 0 Å². The lowest BCUT2D eigenvalue weighted by Gasteiger charge is -2.21. The van der Waals surface area contributed by atoms with Crippen molar-refractivity contribution in [1.82, 2.24) is 20.4 Å². The summed E-state index contributed by atoms with van der Waals surface area (Å²) in [6, 6.07) is 0. The number of nitrogens with zero attached hydrogens (tertiary/aromatic N) is 4. The van der Waals surface area contributed by atoms with Crippen molar-refractivity contribution in [2.24, 2.45) is 16.8 Å². The topological polar surface area (TPSA) is 66.5 Å². The molecule has 2 rings (SSSR count). The molecule has 0 saturated carbocycles. The van der Waals surface area contributed by atoms with Crippen LogP contribution in [0.1, 0.15) is 45.3 Å². The highest BCUT2D eigenvalue weighted by atomic mass is 127. The van der Waals surface area contributed by atoms with Gasteiger partial charge in [0.1, 0.15) is 6.54 Å². The van der Waals surface area contributed by atoms with Crippen molar-refractivity contribution in [3.05, 3.63) is 11.7 Å². The Morgan fingerprint density at radius 3 is 2.86 bits per heavy atom. The molecule has 1 aliphatic heterocycles. The molecule has 1 fully saturated rings. The number of hydrogen-bond acceptors (Lipinski definition) is 4. The predicted molar refractivity (Wildman–Crippen MR) is 98.4 cm³/mol. The second-order valence-electron chi connectivity index (χ2n) is 6.14. The van der Waals surface area contributed by atoms with Crippen LogP contribution in [0.5, 0.6) is 0 Å². The summed E-state index contributed by atoms with van der Waals surface area (Å²) < 4.78 is 5.11. The van der Waals surface area contributed by atoms with E-state index in [4.69, 9.17) is 4.52 Å². The van der Waals surface area contributed by atoms with Gasteiger partial charge in [-0.25, -0.2) is 4.99 Å². The fourth-order valence-electron chi connectivity index (χ4n) is 2.86. The van der Waals surface area contributed by atoms with E-state index in [-0.39, 0.29) is 24.0 Å². The minimum atomic E-state index is 0. The fourth-order valence-corrected chi connectivity index (χ4v) is 2.86. The molecule has 22 heavy (non-hydrogen) atoms. The zero-order valence-electron chi connectivity index (χ0n) is 14.0. The SMILES string of the molecule is CCNC(=NCc1nc(C)no1)N1CCC(CC(C)C)C1.I. The van der Waals surface area contributed by atoms with Gasteiger partial charge in [-0.1, -0.05) is 19.0 Å². The van der Waals surface area contributed by atoms with E-state index in [0.717, 1.165) is 37.4 Å². The molecular weight excluding hydrogens is 393 g/mol. The van der Waals surface area contributed by atoms with Gasteiger partial charge in [0.05, 0.1) is 0 Å². The summed E-state index contributed by atoms with van der Waals surface area (Å²) in [7, 11) is 0. The molecule has 0 aromatic carbocycles. The summed E-state index contributed by atoms with van der Waals surface area (Å²) in [5, 5.41) is 7.15. The first-order valence-corrected chi connectivity index (χ1v) is 7.91. The first-order chi connectivity index (χ1) is 10.1. The maximum atomic E-state index is 5.11. The third kappa shape index (κ3) is 5.73. The van der Waals surface area contributed by atoms with Gasteiger partial charge < -0.3 is 14.7 Å². The average molecular weight is 421 g/mol. The van der Waals surface area contributed by atoms with Gasteiger partial charge in [0.25, 0.3) is 0 Å². The summed E-state index contributed by atoms with van der Waals surface area (Å²) in [6.07, 6.45) is 2.54. The van der Waals surface area contributed by atoms with Crippen LogP contribution in [0, 0.1) is 18.8 Å². The zero-order valence-corrected chi connectivity index (χ0v) is 16.3. The van der Waals surface area contributed by atoms with E-state index in [9.17, 15) is 0 Å². The third-order valence-electron chi connectivity index (χ3n) is 3.66. The number of aromatic nitrogens is 2. The molecular formula is C15H28IN5O. The van der Waals surface area contributed by atoms with Gasteiger partial charge in [0.2, 0.25) is 5.89 Å². The Morgan fingerprint density at radius 2 is 2.27 bits per heavy atom. The molecule has 6 nitrogen and oxygen atoms in total. The van der Waals surface area contributed by atoms with E-state index in [1.165, 1.54) is 12.8 Å². The average Bonchev–Trinajstić information content (AvgIpc) is 3.03. The molecule has 1 N–H and O–H groups in total. The molecule has 1 aliphatic rings. The lowest BCUT2D eigenvalue weighted by atomic mass is 9.97. The van der Waals surface area contributed by atoms with E-state index >= 15 is 0 Å². The van der Waals surface area contributed by atoms with Gasteiger partial charge in [0.15, 0.2) is 11.8 Å². The molecule has 1 saturated heterocycles. The van der Waals surface area contributed by atoms with Crippen LogP contribution in [0.25, 0.3) is 0 Å². The van der Waals surface area contributed by atoms with Crippen LogP contribution in [-0.4, -0.2) is 40.6 Å². The Bertz CT molecular complexity index is 474. The van der Waals surface area contributed by atoms with Crippen molar-refractivity contribution in [2.45, 2.75) is 47.1 Å². The smallest absolute Gasteiger partial charge is 0.248 e. The molecule has 0 amide bonds. The molecule has 7 heteroatoms. The number of aliphatic imine (C=N–C) groups is 1. The van der Waals surface area contributed by atoms with Crippen molar-refractivity contribution >= 4 is 29.9 Å². The number of halogens is 1. The van der Waals surface area contributed by atoms with Gasteiger partial charge in [-0.05, 0) is 38.5 Å². The summed E-state index contributed by atoms with van der Waals surface area (Å²) in [5.74, 6) is 3.72. The highest BCUT2D eigenvalue weighted by molar-refractivity contribution is 14.0. The quantitative estimate of drug-likeness (QED) is 0.450. The highest BCUT2D eigenvalue weighted by Crippen LogP contribution is 2.23. The fraction of sp³-hybridized carbons (Fsp3) is 0.800. The van der Waals surface area contributed by atoms with Crippen LogP contribution < -0.4 is 5.32 Å². The largest absolute Gasteiger partial charge is 0.357 e. The number of hydrogen-bond donors (Lipinski definition) is 1. The zero-order chi connectivity index (χ0) is 15.2. The van der Waals surface area contributed by atoms with Gasteiger partial charge in [-0.2, -0.15) is 4.98 Å². The van der Waals surface area contributed by atoms with Crippen LogP contribution in [-0.2, 0) is 6.54 Å². The van der Waals surface area contributed by atoms with Crippen molar-refractivity contribution in [3.8, 4) is 0 Å². The van der Waals surface area contributed by atoms with E-state index in [1.807, 2.05) is 6.92 Å². The van der Waals surface area contributed by atoms with Crippen LogP contribution >= 0.6 is 24.0 Å². The van der Waals surface area contributed by atoms with Crippen LogP contribution in [0.3, 0.4) is 0 Å². The predicted octanol–water partition coefficient (Wildman–Crippen LogP) is 2.83. The van der Waals surface area contributed by atoms with Crippen molar-refractivity contribution in [3.63, 3.8) is 0 Å². The highest BCUT2D eigenvalue weighted by Gasteiger charge is 2.25. The van der Waals surface area contributed by atoms with Gasteiger partial charge >= 0.3 is 0 Å². The minimum absolute atomic E-state index is 0. The molecule has 1 unspecified atom stereocenters. The summed E-state index contributed by atoms with van der Waals surface area (Å²) in [6.45, 7) is 12.0. The first-order valence-electron chi connectivity index (χ1n) is 7.91. The van der Waals surface area contributed by atoms with E-state index in [1.54, 1.807) is 0 Å². The van der Waals surface area contributed by atoms with Crippen molar-refractivity contribution in [1.29, 1.82) is 0 Å². The maximum Gasteiger partial charge on any atom is 0.248 e. The normalized spacial score (nSPS) is 18.7. The number of likely N-dealkylation sites (tertiary alicyclic amines) is 1. The van der Waals surface area contributed by atoms with Crippen LogP contribution in [0.2, 0.25) is 0 Å². The Balaban J connectivity index is 0.00000242.